The van der Waals surface area contributed by atoms with E-state index >= 15 is 0 Å². The Morgan fingerprint density at radius 1 is 0.667 bits per heavy atom. The third-order valence-corrected chi connectivity index (χ3v) is 6.73. The van der Waals surface area contributed by atoms with Gasteiger partial charge in [-0.05, 0) is 86.2 Å². The van der Waals surface area contributed by atoms with E-state index in [2.05, 4.69) is 0 Å². The van der Waals surface area contributed by atoms with Gasteiger partial charge in [-0.2, -0.15) is 0 Å². The van der Waals surface area contributed by atoms with Gasteiger partial charge in [-0.25, -0.2) is 14.6 Å². The van der Waals surface area contributed by atoms with Crippen molar-refractivity contribution >= 4 is 52.9 Å². The monoisotopic (exact) mass is 615 g/mol. The highest BCUT2D eigenvalue weighted by Gasteiger charge is 2.43. The number of nitrogens with zero attached hydrogens (tertiary/aromatic N) is 3. The highest BCUT2D eigenvalue weighted by molar-refractivity contribution is 6.46. The molecule has 1 saturated heterocycles. The highest BCUT2D eigenvalue weighted by Crippen LogP contribution is 2.31. The van der Waals surface area contributed by atoms with Crippen LogP contribution in [0.4, 0.5) is 21.9 Å². The van der Waals surface area contributed by atoms with Gasteiger partial charge in [0.25, 0.3) is 11.8 Å². The third kappa shape index (κ3) is 7.47. The lowest BCUT2D eigenvalue weighted by Crippen LogP contribution is -2.57. The zero-order valence-corrected chi connectivity index (χ0v) is 25.3. The van der Waals surface area contributed by atoms with Crippen LogP contribution >= 0.6 is 0 Å². The summed E-state index contributed by atoms with van der Waals surface area (Å²) in [5, 5.41) is 0. The average Bonchev–Trinajstić information content (AvgIpc) is 3.04. The van der Waals surface area contributed by atoms with E-state index in [-0.39, 0.29) is 43.3 Å². The number of benzene rings is 3. The predicted molar refractivity (Wildman–Crippen MR) is 166 cm³/mol. The Morgan fingerprint density at radius 2 is 1.09 bits per heavy atom. The van der Waals surface area contributed by atoms with Crippen LogP contribution in [0.5, 0.6) is 11.5 Å². The molecule has 0 spiro atoms. The summed E-state index contributed by atoms with van der Waals surface area (Å²) < 4.78 is 20.5. The molecule has 3 aromatic carbocycles. The van der Waals surface area contributed by atoms with Gasteiger partial charge in [0.15, 0.2) is 0 Å². The van der Waals surface area contributed by atoms with E-state index in [1.807, 2.05) is 0 Å². The Balaban J connectivity index is 1.72. The molecule has 12 nitrogen and oxygen atoms in total. The van der Waals surface area contributed by atoms with Crippen molar-refractivity contribution in [2.75, 3.05) is 55.2 Å². The summed E-state index contributed by atoms with van der Waals surface area (Å²) in [6, 6.07) is 18.3. The van der Waals surface area contributed by atoms with E-state index in [0.29, 0.717) is 22.7 Å². The van der Waals surface area contributed by atoms with Crippen molar-refractivity contribution < 1.29 is 42.9 Å². The minimum Gasteiger partial charge on any atom is -0.497 e. The molecule has 0 unspecified atom stereocenters. The first-order valence-electron chi connectivity index (χ1n) is 14.1. The van der Waals surface area contributed by atoms with Gasteiger partial charge < -0.3 is 23.8 Å². The standard InChI is InChI=1S/C33H33N3O9/c1-5-44-29(37)20-34(21-30(38)45-6-2)23-9-7-22(8-10-23)19-28-31(39)35(24-11-15-26(42-3)16-12-24)33(41)36(32(28)40)25-13-17-27(43-4)18-14-25/h7-19H,5-6,20-21H2,1-4H3. The number of barbiturate groups is 1. The maximum atomic E-state index is 13.8. The van der Waals surface area contributed by atoms with Crippen molar-refractivity contribution in [3.8, 4) is 11.5 Å². The molecule has 0 aromatic heterocycles. The summed E-state index contributed by atoms with van der Waals surface area (Å²) in [6.07, 6.45) is 1.38. The molecule has 1 aliphatic rings. The lowest BCUT2D eigenvalue weighted by atomic mass is 10.0. The number of anilines is 3. The minimum atomic E-state index is -0.846. The van der Waals surface area contributed by atoms with Crippen molar-refractivity contribution in [1.29, 1.82) is 0 Å². The zero-order chi connectivity index (χ0) is 32.5. The van der Waals surface area contributed by atoms with Crippen molar-refractivity contribution in [1.82, 2.24) is 0 Å². The number of methoxy groups -OCH3 is 2. The number of carbonyl (C=O) groups is 5. The number of esters is 2. The summed E-state index contributed by atoms with van der Waals surface area (Å²) in [6.45, 7) is 3.35. The molecule has 0 radical (unpaired) electrons. The van der Waals surface area contributed by atoms with Crippen LogP contribution in [0.15, 0.2) is 78.4 Å². The van der Waals surface area contributed by atoms with Crippen LogP contribution in [0, 0.1) is 0 Å². The first-order valence-corrected chi connectivity index (χ1v) is 14.1. The lowest BCUT2D eigenvalue weighted by molar-refractivity contribution is -0.142. The Kier molecular flexibility index (Phi) is 10.5. The molecular formula is C33H33N3O9. The molecule has 45 heavy (non-hydrogen) atoms. The second-order valence-corrected chi connectivity index (χ2v) is 9.58. The molecular weight excluding hydrogens is 582 g/mol. The van der Waals surface area contributed by atoms with E-state index in [9.17, 15) is 24.0 Å². The maximum Gasteiger partial charge on any atom is 0.343 e. The van der Waals surface area contributed by atoms with E-state index < -0.39 is 29.8 Å². The van der Waals surface area contributed by atoms with Crippen molar-refractivity contribution in [3.05, 3.63) is 83.9 Å². The third-order valence-electron chi connectivity index (χ3n) is 6.73. The van der Waals surface area contributed by atoms with Crippen LogP contribution in [-0.2, 0) is 28.7 Å². The number of urea groups is 1. The molecule has 1 heterocycles. The topological polar surface area (TPSA) is 132 Å². The Bertz CT molecular complexity index is 1490. The Morgan fingerprint density at radius 3 is 1.47 bits per heavy atom. The fourth-order valence-electron chi connectivity index (χ4n) is 4.56. The number of hydrogen-bond donors (Lipinski definition) is 0. The summed E-state index contributed by atoms with van der Waals surface area (Å²) in [4.78, 5) is 68.9. The number of hydrogen-bond acceptors (Lipinski definition) is 10. The SMILES string of the molecule is CCOC(=O)CN(CC(=O)OCC)c1ccc(C=C2C(=O)N(c3ccc(OC)cc3)C(=O)N(c3ccc(OC)cc3)C2=O)cc1. The lowest BCUT2D eigenvalue weighted by Gasteiger charge is -2.34. The molecule has 3 aromatic rings. The van der Waals surface area contributed by atoms with Gasteiger partial charge in [0.05, 0.1) is 38.8 Å². The normalized spacial score (nSPS) is 13.0. The quantitative estimate of drug-likeness (QED) is 0.166. The number of amides is 4. The Hall–Kier alpha value is -5.65. The molecule has 4 amide bonds. The summed E-state index contributed by atoms with van der Waals surface area (Å²) in [5.74, 6) is -1.61. The average molecular weight is 616 g/mol. The fourth-order valence-corrected chi connectivity index (χ4v) is 4.56. The minimum absolute atomic E-state index is 0.185. The largest absolute Gasteiger partial charge is 0.497 e. The molecule has 0 bridgehead atoms. The molecule has 0 atom stereocenters. The van der Waals surface area contributed by atoms with Crippen molar-refractivity contribution in [2.45, 2.75) is 13.8 Å². The second-order valence-electron chi connectivity index (χ2n) is 9.58. The number of rotatable bonds is 12. The zero-order valence-electron chi connectivity index (χ0n) is 25.3. The first kappa shape index (κ1) is 32.3. The summed E-state index contributed by atoms with van der Waals surface area (Å²) >= 11 is 0. The van der Waals surface area contributed by atoms with Crippen LogP contribution in [0.2, 0.25) is 0 Å². The molecule has 4 rings (SSSR count). The molecule has 0 saturated carbocycles. The molecule has 234 valence electrons. The van der Waals surface area contributed by atoms with E-state index in [1.54, 1.807) is 86.6 Å². The molecule has 1 aliphatic heterocycles. The summed E-state index contributed by atoms with van der Waals surface area (Å²) in [7, 11) is 2.99. The second kappa shape index (κ2) is 14.7. The van der Waals surface area contributed by atoms with Crippen LogP contribution in [-0.4, -0.2) is 70.3 Å². The van der Waals surface area contributed by atoms with Crippen LogP contribution < -0.4 is 24.2 Å². The fraction of sp³-hybridized carbons (Fsp3) is 0.242. The van der Waals surface area contributed by atoms with E-state index in [1.165, 1.54) is 25.2 Å². The number of imide groups is 2. The van der Waals surface area contributed by atoms with Crippen LogP contribution in [0.25, 0.3) is 6.08 Å². The van der Waals surface area contributed by atoms with E-state index in [0.717, 1.165) is 9.80 Å². The first-order chi connectivity index (χ1) is 21.7. The van der Waals surface area contributed by atoms with E-state index in [4.69, 9.17) is 18.9 Å². The molecule has 0 aliphatic carbocycles. The van der Waals surface area contributed by atoms with Gasteiger partial charge in [-0.3, -0.25) is 19.2 Å². The Labute approximate surface area is 260 Å². The van der Waals surface area contributed by atoms with Crippen LogP contribution in [0.3, 0.4) is 0 Å². The number of ether oxygens (including phenoxy) is 4. The maximum absolute atomic E-state index is 13.8. The van der Waals surface area contributed by atoms with Gasteiger partial charge >= 0.3 is 18.0 Å². The van der Waals surface area contributed by atoms with Crippen molar-refractivity contribution in [2.24, 2.45) is 0 Å². The molecule has 0 N–H and O–H groups in total. The van der Waals surface area contributed by atoms with Gasteiger partial charge in [-0.1, -0.05) is 12.1 Å². The van der Waals surface area contributed by atoms with Gasteiger partial charge in [-0.15, -0.1) is 0 Å². The highest BCUT2D eigenvalue weighted by atomic mass is 16.5. The van der Waals surface area contributed by atoms with Crippen molar-refractivity contribution in [3.63, 3.8) is 0 Å². The molecule has 1 fully saturated rings. The van der Waals surface area contributed by atoms with Gasteiger partial charge in [0.1, 0.15) is 30.2 Å². The van der Waals surface area contributed by atoms with Gasteiger partial charge in [0, 0.05) is 5.69 Å². The smallest absolute Gasteiger partial charge is 0.343 e. The molecule has 12 heteroatoms. The predicted octanol–water partition coefficient (Wildman–Crippen LogP) is 4.22. The van der Waals surface area contributed by atoms with Gasteiger partial charge in [0.2, 0.25) is 0 Å². The number of carbonyl (C=O) groups excluding carboxylic acids is 5. The van der Waals surface area contributed by atoms with Crippen LogP contribution in [0.1, 0.15) is 19.4 Å². The summed E-state index contributed by atoms with van der Waals surface area (Å²) in [5.41, 5.74) is 1.19.